The molecule has 1 amide bonds. The van der Waals surface area contributed by atoms with E-state index in [0.717, 1.165) is 5.56 Å². The molecule has 0 bridgehead atoms. The van der Waals surface area contributed by atoms with Gasteiger partial charge in [0.2, 0.25) is 0 Å². The molecule has 0 radical (unpaired) electrons. The molecule has 2 N–H and O–H groups in total. The average Bonchev–Trinajstić information content (AvgIpc) is 3.05. The van der Waals surface area contributed by atoms with E-state index in [9.17, 15) is 20.0 Å². The number of carbonyl (C=O) groups excluding carboxylic acids is 1. The predicted octanol–water partition coefficient (Wildman–Crippen LogP) is 3.73. The second kappa shape index (κ2) is 8.84. The number of phenols is 1. The van der Waals surface area contributed by atoms with Crippen molar-refractivity contribution in [3.8, 4) is 5.75 Å². The Kier molecular flexibility index (Phi) is 6.25. The number of rotatable bonds is 6. The van der Waals surface area contributed by atoms with Gasteiger partial charge in [-0.15, -0.1) is 0 Å². The first-order chi connectivity index (χ1) is 13.8. The van der Waals surface area contributed by atoms with Crippen molar-refractivity contribution < 1.29 is 14.8 Å². The first-order valence-corrected chi connectivity index (χ1v) is 9.29. The molecule has 148 valence electrons. The van der Waals surface area contributed by atoms with E-state index in [1.54, 1.807) is 18.3 Å². The van der Waals surface area contributed by atoms with Crippen LogP contribution in [0.15, 0.2) is 58.2 Å². The van der Waals surface area contributed by atoms with Crippen molar-refractivity contribution in [1.82, 2.24) is 15.2 Å². The summed E-state index contributed by atoms with van der Waals surface area (Å²) in [4.78, 5) is 22.5. The lowest BCUT2D eigenvalue weighted by atomic mass is 10.2. The summed E-state index contributed by atoms with van der Waals surface area (Å²) in [6, 6.07) is 10.5. The van der Waals surface area contributed by atoms with Crippen LogP contribution in [0.2, 0.25) is 5.02 Å². The summed E-state index contributed by atoms with van der Waals surface area (Å²) in [5.41, 5.74) is 3.57. The van der Waals surface area contributed by atoms with Gasteiger partial charge < -0.3 is 5.11 Å². The number of carbonyl (C=O) groups is 1. The number of halogens is 2. The highest BCUT2D eigenvalue weighted by atomic mass is 79.9. The number of non-ortho nitro benzene ring substituents is 1. The maximum absolute atomic E-state index is 12.3. The molecule has 2 aromatic carbocycles. The summed E-state index contributed by atoms with van der Waals surface area (Å²) in [6.07, 6.45) is 2.88. The molecule has 0 spiro atoms. The van der Waals surface area contributed by atoms with Gasteiger partial charge in [-0.05, 0) is 39.7 Å². The lowest BCUT2D eigenvalue weighted by Crippen LogP contribution is -2.19. The van der Waals surface area contributed by atoms with Gasteiger partial charge in [-0.3, -0.25) is 19.6 Å². The summed E-state index contributed by atoms with van der Waals surface area (Å²) in [6.45, 7) is 0.323. The molecule has 1 aromatic heterocycles. The number of aromatic hydroxyl groups is 1. The van der Waals surface area contributed by atoms with Crippen molar-refractivity contribution in [2.24, 2.45) is 5.10 Å². The third kappa shape index (κ3) is 5.18. The summed E-state index contributed by atoms with van der Waals surface area (Å²) < 4.78 is 1.98. The minimum atomic E-state index is -0.558. The lowest BCUT2D eigenvalue weighted by Gasteiger charge is -2.02. The van der Waals surface area contributed by atoms with Gasteiger partial charge in [-0.1, -0.05) is 23.7 Å². The molecule has 0 atom stereocenters. The van der Waals surface area contributed by atoms with Gasteiger partial charge in [-0.25, -0.2) is 5.43 Å². The summed E-state index contributed by atoms with van der Waals surface area (Å²) in [5, 5.41) is 28.9. The van der Waals surface area contributed by atoms with Crippen LogP contribution in [0, 0.1) is 10.1 Å². The smallest absolute Gasteiger partial charge is 0.293 e. The largest absolute Gasteiger partial charge is 0.507 e. The molecule has 11 heteroatoms. The Hall–Kier alpha value is -3.24. The molecule has 29 heavy (non-hydrogen) atoms. The molecular formula is C18H13BrClN5O4. The maximum atomic E-state index is 12.3. The Morgan fingerprint density at radius 1 is 1.34 bits per heavy atom. The molecule has 0 fully saturated rings. The van der Waals surface area contributed by atoms with Crippen LogP contribution in [0.4, 0.5) is 5.69 Å². The molecular weight excluding hydrogens is 466 g/mol. The number of hydrogen-bond donors (Lipinski definition) is 2. The summed E-state index contributed by atoms with van der Waals surface area (Å²) in [5.74, 6) is -0.585. The highest BCUT2D eigenvalue weighted by molar-refractivity contribution is 9.10. The first-order valence-electron chi connectivity index (χ1n) is 8.11. The van der Waals surface area contributed by atoms with Crippen molar-refractivity contribution >= 4 is 45.3 Å². The fourth-order valence-electron chi connectivity index (χ4n) is 2.38. The molecule has 0 saturated carbocycles. The van der Waals surface area contributed by atoms with Crippen molar-refractivity contribution in [2.45, 2.75) is 6.54 Å². The SMILES string of the molecule is O=C(N/N=C\c1cc(Cl)ccc1O)c1nn(Cc2ccc([N+](=O)[O-])cc2)cc1Br. The van der Waals surface area contributed by atoms with E-state index in [-0.39, 0.29) is 17.1 Å². The van der Waals surface area contributed by atoms with E-state index < -0.39 is 10.8 Å². The number of aromatic nitrogens is 2. The summed E-state index contributed by atoms with van der Waals surface area (Å²) >= 11 is 9.13. The highest BCUT2D eigenvalue weighted by Gasteiger charge is 2.15. The second-order valence-corrected chi connectivity index (χ2v) is 7.14. The minimum absolute atomic E-state index is 0.000866. The number of phenolic OH excluding ortho intramolecular Hbond substituents is 1. The third-order valence-electron chi connectivity index (χ3n) is 3.78. The molecule has 3 aromatic rings. The van der Waals surface area contributed by atoms with Crippen LogP contribution in [0.5, 0.6) is 5.75 Å². The molecule has 0 unspecified atom stereocenters. The van der Waals surface area contributed by atoms with E-state index in [1.165, 1.54) is 41.2 Å². The van der Waals surface area contributed by atoms with Gasteiger partial charge >= 0.3 is 0 Å². The van der Waals surface area contributed by atoms with Crippen LogP contribution in [0.1, 0.15) is 21.6 Å². The molecule has 0 aliphatic carbocycles. The van der Waals surface area contributed by atoms with Gasteiger partial charge in [0, 0.05) is 28.9 Å². The van der Waals surface area contributed by atoms with Gasteiger partial charge in [0.25, 0.3) is 11.6 Å². The molecule has 3 rings (SSSR count). The van der Waals surface area contributed by atoms with Gasteiger partial charge in [0.05, 0.1) is 22.2 Å². The van der Waals surface area contributed by atoms with E-state index in [2.05, 4.69) is 31.6 Å². The number of benzene rings is 2. The van der Waals surface area contributed by atoms with Crippen molar-refractivity contribution in [3.63, 3.8) is 0 Å². The molecule has 0 aliphatic heterocycles. The second-order valence-electron chi connectivity index (χ2n) is 5.85. The molecule has 0 aliphatic rings. The standard InChI is InChI=1S/C18H13BrClN5O4/c19-15-10-24(9-11-1-4-14(5-2-11)25(28)29)23-17(15)18(27)22-21-8-12-7-13(20)3-6-16(12)26/h1-8,10,26H,9H2,(H,22,27)/b21-8-. The zero-order chi connectivity index (χ0) is 21.0. The highest BCUT2D eigenvalue weighted by Crippen LogP contribution is 2.20. The Morgan fingerprint density at radius 3 is 2.76 bits per heavy atom. The fourth-order valence-corrected chi connectivity index (χ4v) is 3.06. The quantitative estimate of drug-likeness (QED) is 0.317. The van der Waals surface area contributed by atoms with Gasteiger partial charge in [-0.2, -0.15) is 10.2 Å². The number of nitrogens with one attached hydrogen (secondary N) is 1. The van der Waals surface area contributed by atoms with Crippen LogP contribution in [-0.4, -0.2) is 31.9 Å². The zero-order valence-electron chi connectivity index (χ0n) is 14.6. The average molecular weight is 479 g/mol. The van der Waals surface area contributed by atoms with Crippen molar-refractivity contribution in [3.05, 3.63) is 85.1 Å². The first kappa shape index (κ1) is 20.5. The number of nitrogens with zero attached hydrogens (tertiary/aromatic N) is 4. The van der Waals surface area contributed by atoms with E-state index in [4.69, 9.17) is 11.6 Å². The van der Waals surface area contributed by atoms with Crippen molar-refractivity contribution in [1.29, 1.82) is 0 Å². The van der Waals surface area contributed by atoms with Gasteiger partial charge in [0.1, 0.15) is 5.75 Å². The lowest BCUT2D eigenvalue weighted by molar-refractivity contribution is -0.384. The summed E-state index contributed by atoms with van der Waals surface area (Å²) in [7, 11) is 0. The number of hydrogen-bond acceptors (Lipinski definition) is 6. The number of nitro benzene ring substituents is 1. The normalized spacial score (nSPS) is 11.0. The molecule has 0 saturated heterocycles. The van der Waals surface area contributed by atoms with E-state index >= 15 is 0 Å². The molecule has 1 heterocycles. The maximum Gasteiger partial charge on any atom is 0.293 e. The Labute approximate surface area is 177 Å². The van der Waals surface area contributed by atoms with Crippen molar-refractivity contribution in [2.75, 3.05) is 0 Å². The Balaban J connectivity index is 1.67. The topological polar surface area (TPSA) is 123 Å². The van der Waals surface area contributed by atoms with Crippen LogP contribution in [0.25, 0.3) is 0 Å². The fraction of sp³-hybridized carbons (Fsp3) is 0.0556. The van der Waals surface area contributed by atoms with Gasteiger partial charge in [0.15, 0.2) is 5.69 Å². The van der Waals surface area contributed by atoms with Crippen LogP contribution >= 0.6 is 27.5 Å². The van der Waals surface area contributed by atoms with Crippen LogP contribution in [0.3, 0.4) is 0 Å². The third-order valence-corrected chi connectivity index (χ3v) is 4.60. The van der Waals surface area contributed by atoms with E-state index in [0.29, 0.717) is 21.6 Å². The minimum Gasteiger partial charge on any atom is -0.507 e. The Bertz CT molecular complexity index is 1100. The van der Waals surface area contributed by atoms with Crippen LogP contribution in [-0.2, 0) is 6.54 Å². The number of amides is 1. The molecule has 9 nitrogen and oxygen atoms in total. The number of hydrazone groups is 1. The Morgan fingerprint density at radius 2 is 2.07 bits per heavy atom. The predicted molar refractivity (Wildman–Crippen MR) is 110 cm³/mol. The van der Waals surface area contributed by atoms with Crippen LogP contribution < -0.4 is 5.43 Å². The monoisotopic (exact) mass is 477 g/mol. The zero-order valence-corrected chi connectivity index (χ0v) is 17.0. The van der Waals surface area contributed by atoms with E-state index in [1.807, 2.05) is 0 Å². The number of nitro groups is 1.